The van der Waals surface area contributed by atoms with Crippen LogP contribution in [0, 0.1) is 24.0 Å². The second kappa shape index (κ2) is 7.77. The molecule has 1 aromatic carbocycles. The highest BCUT2D eigenvalue weighted by Crippen LogP contribution is 2.37. The SMILES string of the molecule is COc1c(O)cc(C(=O)N=C(N)c2c(Cl)nc(C)c(Cl)c2C)cc1[N+](=O)[O-]. The number of halogens is 2. The van der Waals surface area contributed by atoms with Crippen molar-refractivity contribution in [2.24, 2.45) is 10.7 Å². The predicted molar refractivity (Wildman–Crippen MR) is 100 cm³/mol. The molecule has 27 heavy (non-hydrogen) atoms. The van der Waals surface area contributed by atoms with E-state index in [2.05, 4.69) is 9.98 Å². The Balaban J connectivity index is 2.54. The summed E-state index contributed by atoms with van der Waals surface area (Å²) in [5, 5.41) is 21.3. The molecule has 0 saturated carbocycles. The van der Waals surface area contributed by atoms with Crippen molar-refractivity contribution in [3.63, 3.8) is 0 Å². The molecule has 2 aromatic rings. The van der Waals surface area contributed by atoms with Crippen LogP contribution in [0.3, 0.4) is 0 Å². The average molecular weight is 413 g/mol. The molecule has 0 atom stereocenters. The van der Waals surface area contributed by atoms with Gasteiger partial charge in [0.2, 0.25) is 5.75 Å². The minimum absolute atomic E-state index is 0.00649. The molecule has 1 heterocycles. The van der Waals surface area contributed by atoms with E-state index in [1.807, 2.05) is 0 Å². The summed E-state index contributed by atoms with van der Waals surface area (Å²) in [4.78, 5) is 30.4. The van der Waals surface area contributed by atoms with Gasteiger partial charge >= 0.3 is 5.69 Å². The number of hydrogen-bond acceptors (Lipinski definition) is 6. The number of carbonyl (C=O) groups is 1. The number of nitro groups is 1. The lowest BCUT2D eigenvalue weighted by molar-refractivity contribution is -0.385. The number of phenols is 1. The van der Waals surface area contributed by atoms with Crippen molar-refractivity contribution in [2.45, 2.75) is 13.8 Å². The van der Waals surface area contributed by atoms with Gasteiger partial charge in [0.15, 0.2) is 5.75 Å². The smallest absolute Gasteiger partial charge is 0.315 e. The number of benzene rings is 1. The van der Waals surface area contributed by atoms with Gasteiger partial charge in [-0.1, -0.05) is 23.2 Å². The van der Waals surface area contributed by atoms with Gasteiger partial charge in [0, 0.05) is 6.07 Å². The Morgan fingerprint density at radius 2 is 2.00 bits per heavy atom. The Labute approximate surface area is 163 Å². The molecular formula is C16H14Cl2N4O5. The van der Waals surface area contributed by atoms with Crippen LogP contribution in [0.5, 0.6) is 11.5 Å². The van der Waals surface area contributed by atoms with Gasteiger partial charge in [0.1, 0.15) is 11.0 Å². The first-order chi connectivity index (χ1) is 12.6. The fraction of sp³-hybridized carbons (Fsp3) is 0.188. The number of nitro benzene ring substituents is 1. The number of nitrogens with zero attached hydrogens (tertiary/aromatic N) is 3. The summed E-state index contributed by atoms with van der Waals surface area (Å²) in [6.07, 6.45) is 0. The molecule has 2 rings (SSSR count). The first kappa shape index (κ1) is 20.4. The number of aromatic hydroxyl groups is 1. The molecule has 0 spiro atoms. The molecule has 0 radical (unpaired) electrons. The molecule has 0 aliphatic heterocycles. The highest BCUT2D eigenvalue weighted by Gasteiger charge is 2.24. The third kappa shape index (κ3) is 3.93. The molecule has 0 bridgehead atoms. The number of aliphatic imine (C=N–C) groups is 1. The molecule has 1 amide bonds. The maximum absolute atomic E-state index is 12.4. The molecule has 0 fully saturated rings. The van der Waals surface area contributed by atoms with E-state index in [0.717, 1.165) is 19.2 Å². The van der Waals surface area contributed by atoms with Crippen molar-refractivity contribution in [3.8, 4) is 11.5 Å². The number of aryl methyl sites for hydroxylation is 1. The zero-order valence-electron chi connectivity index (χ0n) is 14.4. The molecule has 1 aromatic heterocycles. The quantitative estimate of drug-likeness (QED) is 0.258. The lowest BCUT2D eigenvalue weighted by Gasteiger charge is -2.11. The maximum atomic E-state index is 12.4. The number of nitrogens with two attached hydrogens (primary N) is 1. The largest absolute Gasteiger partial charge is 0.504 e. The number of hydrogen-bond donors (Lipinski definition) is 2. The molecule has 9 nitrogen and oxygen atoms in total. The molecule has 0 aliphatic rings. The summed E-state index contributed by atoms with van der Waals surface area (Å²) in [7, 11) is 1.15. The van der Waals surface area contributed by atoms with Gasteiger partial charge in [-0.3, -0.25) is 14.9 Å². The summed E-state index contributed by atoms with van der Waals surface area (Å²) in [5.41, 5.74) is 6.15. The minimum atomic E-state index is -0.930. The van der Waals surface area contributed by atoms with Crippen LogP contribution in [0.25, 0.3) is 0 Å². The fourth-order valence-corrected chi connectivity index (χ4v) is 2.88. The highest BCUT2D eigenvalue weighted by molar-refractivity contribution is 6.36. The first-order valence-electron chi connectivity index (χ1n) is 7.34. The molecule has 142 valence electrons. The number of carbonyl (C=O) groups excluding carboxylic acids is 1. The van der Waals surface area contributed by atoms with Crippen molar-refractivity contribution >= 4 is 40.6 Å². The average Bonchev–Trinajstić information content (AvgIpc) is 2.58. The Bertz CT molecular complexity index is 992. The van der Waals surface area contributed by atoms with E-state index in [9.17, 15) is 20.0 Å². The van der Waals surface area contributed by atoms with E-state index in [1.54, 1.807) is 13.8 Å². The Morgan fingerprint density at radius 3 is 2.56 bits per heavy atom. The van der Waals surface area contributed by atoms with Crippen molar-refractivity contribution in [3.05, 3.63) is 54.8 Å². The van der Waals surface area contributed by atoms with E-state index in [1.165, 1.54) is 0 Å². The lowest BCUT2D eigenvalue weighted by Crippen LogP contribution is -2.19. The predicted octanol–water partition coefficient (Wildman–Crippen LogP) is 3.17. The number of ether oxygens (including phenoxy) is 1. The first-order valence-corrected chi connectivity index (χ1v) is 8.10. The van der Waals surface area contributed by atoms with E-state index >= 15 is 0 Å². The van der Waals surface area contributed by atoms with Gasteiger partial charge in [-0.2, -0.15) is 4.99 Å². The maximum Gasteiger partial charge on any atom is 0.315 e. The zero-order valence-corrected chi connectivity index (χ0v) is 15.9. The summed E-state index contributed by atoms with van der Waals surface area (Å²) in [6, 6.07) is 1.91. The van der Waals surface area contributed by atoms with E-state index in [0.29, 0.717) is 16.3 Å². The van der Waals surface area contributed by atoms with Gasteiger partial charge < -0.3 is 15.6 Å². The highest BCUT2D eigenvalue weighted by atomic mass is 35.5. The van der Waals surface area contributed by atoms with E-state index in [4.69, 9.17) is 33.7 Å². The second-order valence-corrected chi connectivity index (χ2v) is 6.15. The lowest BCUT2D eigenvalue weighted by atomic mass is 10.1. The van der Waals surface area contributed by atoms with Crippen LogP contribution < -0.4 is 10.5 Å². The second-order valence-electron chi connectivity index (χ2n) is 5.41. The summed E-state index contributed by atoms with van der Waals surface area (Å²) in [5.74, 6) is -2.16. The van der Waals surface area contributed by atoms with Crippen molar-refractivity contribution in [1.29, 1.82) is 0 Å². The fourth-order valence-electron chi connectivity index (χ4n) is 2.38. The van der Waals surface area contributed by atoms with Crippen LogP contribution in [0.1, 0.15) is 27.2 Å². The van der Waals surface area contributed by atoms with Crippen LogP contribution in [-0.4, -0.2) is 33.9 Å². The van der Waals surface area contributed by atoms with Crippen molar-refractivity contribution < 1.29 is 19.6 Å². The summed E-state index contributed by atoms with van der Waals surface area (Å²) >= 11 is 12.2. The van der Waals surface area contributed by atoms with Crippen LogP contribution in [-0.2, 0) is 0 Å². The van der Waals surface area contributed by atoms with Gasteiger partial charge in [0.05, 0.1) is 33.9 Å². The topological polar surface area (TPSA) is 141 Å². The van der Waals surface area contributed by atoms with Crippen LogP contribution in [0.4, 0.5) is 5.69 Å². The number of amides is 1. The van der Waals surface area contributed by atoms with Crippen LogP contribution in [0.2, 0.25) is 10.2 Å². The number of amidine groups is 1. The standard InChI is InChI=1S/C16H14Cl2N4O5/c1-6-11(14(18)20-7(2)12(6)17)15(19)21-16(24)8-4-9(22(25)26)13(27-3)10(23)5-8/h4-5,23H,1-3H3,(H2,19,21,24). The summed E-state index contributed by atoms with van der Waals surface area (Å²) in [6.45, 7) is 3.29. The number of aromatic nitrogens is 1. The third-order valence-corrected chi connectivity index (χ3v) is 4.50. The van der Waals surface area contributed by atoms with E-state index < -0.39 is 22.3 Å². The van der Waals surface area contributed by atoms with Crippen LogP contribution >= 0.6 is 23.2 Å². The molecule has 0 aliphatic carbocycles. The van der Waals surface area contributed by atoms with Gasteiger partial charge in [-0.15, -0.1) is 0 Å². The molecule has 11 heteroatoms. The molecule has 0 saturated heterocycles. The Kier molecular flexibility index (Phi) is 5.87. The van der Waals surface area contributed by atoms with Gasteiger partial charge in [-0.05, 0) is 25.5 Å². The Morgan fingerprint density at radius 1 is 1.37 bits per heavy atom. The number of pyridine rings is 1. The third-order valence-electron chi connectivity index (χ3n) is 3.67. The zero-order chi connectivity index (χ0) is 20.5. The van der Waals surface area contributed by atoms with Crippen molar-refractivity contribution in [2.75, 3.05) is 7.11 Å². The molecule has 0 unspecified atom stereocenters. The van der Waals surface area contributed by atoms with E-state index in [-0.39, 0.29) is 27.9 Å². The minimum Gasteiger partial charge on any atom is -0.504 e. The normalized spacial score (nSPS) is 11.4. The molecule has 3 N–H and O–H groups in total. The van der Waals surface area contributed by atoms with Gasteiger partial charge in [-0.25, -0.2) is 4.98 Å². The van der Waals surface area contributed by atoms with Crippen molar-refractivity contribution in [1.82, 2.24) is 4.98 Å². The van der Waals surface area contributed by atoms with Gasteiger partial charge in [0.25, 0.3) is 5.91 Å². The monoisotopic (exact) mass is 412 g/mol. The number of phenolic OH excluding ortho intramolecular Hbond substituents is 1. The summed E-state index contributed by atoms with van der Waals surface area (Å²) < 4.78 is 4.77. The number of rotatable bonds is 4. The van der Waals surface area contributed by atoms with Crippen LogP contribution in [0.15, 0.2) is 17.1 Å². The Hall–Kier alpha value is -2.91. The number of methoxy groups -OCH3 is 1. The molecular weight excluding hydrogens is 399 g/mol.